The molecule has 0 saturated carbocycles. The van der Waals surface area contributed by atoms with Gasteiger partial charge in [0.2, 0.25) is 4.96 Å². The van der Waals surface area contributed by atoms with Crippen LogP contribution in [0.2, 0.25) is 0 Å². The average Bonchev–Trinajstić information content (AvgIpc) is 3.75. The minimum atomic E-state index is -0.224. The monoisotopic (exact) mass is 615 g/mol. The van der Waals surface area contributed by atoms with Crippen molar-refractivity contribution in [3.05, 3.63) is 129 Å². The number of hydrogen-bond acceptors (Lipinski definition) is 7. The number of hydrogen-bond donors (Lipinski definition) is 0. The van der Waals surface area contributed by atoms with E-state index >= 15 is 0 Å². The molecule has 0 bridgehead atoms. The van der Waals surface area contributed by atoms with Crippen LogP contribution < -0.4 is 19.6 Å². The SMILES string of the molecule is C=CCOc1ccc(-c2nn(-c3ccccc3)cc2/C=c2\sc3nc(/C=C/c4ccc(OCCCC)cc4)nn3c2=O)cc1C. The van der Waals surface area contributed by atoms with Crippen LogP contribution in [0.25, 0.3) is 40.1 Å². The average molecular weight is 616 g/mol. The number of benzene rings is 3. The molecule has 0 aliphatic rings. The molecule has 0 atom stereocenters. The summed E-state index contributed by atoms with van der Waals surface area (Å²) in [7, 11) is 0. The van der Waals surface area contributed by atoms with E-state index in [0.717, 1.165) is 58.0 Å². The first-order valence-corrected chi connectivity index (χ1v) is 15.7. The summed E-state index contributed by atoms with van der Waals surface area (Å²) in [5.74, 6) is 2.11. The molecule has 0 amide bonds. The van der Waals surface area contributed by atoms with Crippen molar-refractivity contribution in [1.82, 2.24) is 24.4 Å². The van der Waals surface area contributed by atoms with Crippen LogP contribution in [0.15, 0.2) is 96.4 Å². The smallest absolute Gasteiger partial charge is 0.291 e. The second kappa shape index (κ2) is 13.6. The van der Waals surface area contributed by atoms with Crippen molar-refractivity contribution in [3.63, 3.8) is 0 Å². The van der Waals surface area contributed by atoms with Crippen molar-refractivity contribution in [2.75, 3.05) is 13.2 Å². The highest BCUT2D eigenvalue weighted by atomic mass is 32.1. The van der Waals surface area contributed by atoms with E-state index in [1.54, 1.807) is 6.08 Å². The van der Waals surface area contributed by atoms with E-state index in [-0.39, 0.29) is 5.56 Å². The molecule has 3 heterocycles. The standard InChI is InChI=1S/C36H33N5O3S/c1-4-6-21-43-30-16-12-26(13-17-30)14-19-33-37-36-41(38-33)35(42)32(45-36)23-28-24-40(29-10-8-7-9-11-29)39-34(28)27-15-18-31(25(3)22-27)44-20-5-2/h5,7-19,22-24H,2,4,6,20-21H2,1,3H3/b19-14+,32-23-. The van der Waals surface area contributed by atoms with Crippen molar-refractivity contribution < 1.29 is 9.47 Å². The Kier molecular flexibility index (Phi) is 8.98. The van der Waals surface area contributed by atoms with Gasteiger partial charge in [-0.1, -0.05) is 73.7 Å². The highest BCUT2D eigenvalue weighted by Crippen LogP contribution is 2.29. The highest BCUT2D eigenvalue weighted by Gasteiger charge is 2.15. The molecule has 0 aliphatic heterocycles. The summed E-state index contributed by atoms with van der Waals surface area (Å²) in [5.41, 5.74) is 5.14. The Balaban J connectivity index is 1.31. The fraction of sp³-hybridized carbons (Fsp3) is 0.167. The van der Waals surface area contributed by atoms with Gasteiger partial charge in [0.1, 0.15) is 23.8 Å². The second-order valence-corrected chi connectivity index (χ2v) is 11.5. The number of ether oxygens (including phenoxy) is 2. The van der Waals surface area contributed by atoms with E-state index in [4.69, 9.17) is 14.6 Å². The summed E-state index contributed by atoms with van der Waals surface area (Å²) in [6, 6.07) is 23.7. The van der Waals surface area contributed by atoms with Crippen molar-refractivity contribution in [2.24, 2.45) is 0 Å². The Morgan fingerprint density at radius 2 is 1.80 bits per heavy atom. The van der Waals surface area contributed by atoms with E-state index in [1.807, 2.05) is 109 Å². The van der Waals surface area contributed by atoms with Crippen LogP contribution in [0.3, 0.4) is 0 Å². The van der Waals surface area contributed by atoms with E-state index in [9.17, 15) is 4.79 Å². The first-order chi connectivity index (χ1) is 22.0. The number of nitrogens with zero attached hydrogens (tertiary/aromatic N) is 5. The zero-order valence-electron chi connectivity index (χ0n) is 25.2. The molecule has 3 aromatic carbocycles. The molecule has 0 saturated heterocycles. The third kappa shape index (κ3) is 6.78. The van der Waals surface area contributed by atoms with Gasteiger partial charge in [-0.2, -0.15) is 14.6 Å². The molecule has 226 valence electrons. The van der Waals surface area contributed by atoms with Crippen LogP contribution in [0.4, 0.5) is 0 Å². The Morgan fingerprint density at radius 1 is 0.978 bits per heavy atom. The maximum Gasteiger partial charge on any atom is 0.291 e. The molecule has 6 aromatic rings. The Hall–Kier alpha value is -5.28. The minimum absolute atomic E-state index is 0.224. The lowest BCUT2D eigenvalue weighted by molar-refractivity contribution is 0.309. The van der Waals surface area contributed by atoms with E-state index in [1.165, 1.54) is 15.9 Å². The molecule has 0 N–H and O–H groups in total. The summed E-state index contributed by atoms with van der Waals surface area (Å²) in [6.07, 6.45) is 11.4. The number of fused-ring (bicyclic) bond motifs is 1. The molecule has 0 unspecified atom stereocenters. The molecule has 0 aliphatic carbocycles. The van der Waals surface area contributed by atoms with Gasteiger partial charge in [0.05, 0.1) is 16.8 Å². The molecule has 3 aromatic heterocycles. The van der Waals surface area contributed by atoms with Crippen LogP contribution in [0.1, 0.15) is 42.3 Å². The van der Waals surface area contributed by atoms with Gasteiger partial charge in [0, 0.05) is 17.3 Å². The summed E-state index contributed by atoms with van der Waals surface area (Å²) >= 11 is 1.30. The summed E-state index contributed by atoms with van der Waals surface area (Å²) in [4.78, 5) is 18.6. The zero-order chi connectivity index (χ0) is 31.2. The third-order valence-electron chi connectivity index (χ3n) is 7.12. The number of rotatable bonds is 12. The van der Waals surface area contributed by atoms with Crippen LogP contribution >= 0.6 is 11.3 Å². The predicted octanol–water partition coefficient (Wildman–Crippen LogP) is 6.77. The van der Waals surface area contributed by atoms with Crippen LogP contribution in [-0.4, -0.2) is 37.6 Å². The van der Waals surface area contributed by atoms with Gasteiger partial charge in [-0.15, -0.1) is 5.10 Å². The van der Waals surface area contributed by atoms with Crippen molar-refractivity contribution in [2.45, 2.75) is 26.7 Å². The van der Waals surface area contributed by atoms with E-state index in [2.05, 4.69) is 23.6 Å². The fourth-order valence-electron chi connectivity index (χ4n) is 4.78. The molecule has 6 rings (SSSR count). The lowest BCUT2D eigenvalue weighted by Gasteiger charge is -2.08. The van der Waals surface area contributed by atoms with Gasteiger partial charge in [0.15, 0.2) is 5.82 Å². The topological polar surface area (TPSA) is 83.5 Å². The largest absolute Gasteiger partial charge is 0.494 e. The van der Waals surface area contributed by atoms with E-state index in [0.29, 0.717) is 28.5 Å². The van der Waals surface area contributed by atoms with Gasteiger partial charge in [0.25, 0.3) is 5.56 Å². The Morgan fingerprint density at radius 3 is 2.53 bits per heavy atom. The molecular formula is C36H33N5O3S. The first kappa shape index (κ1) is 29.8. The van der Waals surface area contributed by atoms with Gasteiger partial charge < -0.3 is 9.47 Å². The van der Waals surface area contributed by atoms with Crippen molar-refractivity contribution in [1.29, 1.82) is 0 Å². The molecule has 0 radical (unpaired) electrons. The number of para-hydroxylation sites is 1. The Labute approximate surface area is 265 Å². The lowest BCUT2D eigenvalue weighted by Crippen LogP contribution is -2.23. The quantitative estimate of drug-likeness (QED) is 0.112. The molecule has 9 heteroatoms. The molecule has 0 spiro atoms. The van der Waals surface area contributed by atoms with Crippen LogP contribution in [-0.2, 0) is 0 Å². The Bertz CT molecular complexity index is 2080. The van der Waals surface area contributed by atoms with Gasteiger partial charge in [-0.3, -0.25) is 4.79 Å². The molecular weight excluding hydrogens is 582 g/mol. The molecule has 45 heavy (non-hydrogen) atoms. The number of aromatic nitrogens is 5. The normalized spacial score (nSPS) is 11.9. The summed E-state index contributed by atoms with van der Waals surface area (Å²) in [6.45, 7) is 9.01. The van der Waals surface area contributed by atoms with Gasteiger partial charge in [-0.05, 0) is 79.1 Å². The predicted molar refractivity (Wildman–Crippen MR) is 181 cm³/mol. The lowest BCUT2D eigenvalue weighted by atomic mass is 10.0. The molecule has 8 nitrogen and oxygen atoms in total. The van der Waals surface area contributed by atoms with Crippen LogP contribution in [0, 0.1) is 6.92 Å². The number of unbranched alkanes of at least 4 members (excludes halogenated alkanes) is 1. The number of thiazole rings is 1. The molecule has 0 fully saturated rings. The van der Waals surface area contributed by atoms with Crippen molar-refractivity contribution >= 4 is 34.5 Å². The second-order valence-electron chi connectivity index (χ2n) is 10.5. The maximum atomic E-state index is 13.4. The van der Waals surface area contributed by atoms with Gasteiger partial charge >= 0.3 is 0 Å². The summed E-state index contributed by atoms with van der Waals surface area (Å²) in [5, 5.41) is 9.38. The first-order valence-electron chi connectivity index (χ1n) is 14.8. The van der Waals surface area contributed by atoms with E-state index < -0.39 is 0 Å². The highest BCUT2D eigenvalue weighted by molar-refractivity contribution is 7.15. The third-order valence-corrected chi connectivity index (χ3v) is 8.08. The van der Waals surface area contributed by atoms with Gasteiger partial charge in [-0.25, -0.2) is 4.68 Å². The van der Waals surface area contributed by atoms with Crippen LogP contribution in [0.5, 0.6) is 11.5 Å². The maximum absolute atomic E-state index is 13.4. The van der Waals surface area contributed by atoms with Crippen molar-refractivity contribution in [3.8, 4) is 28.4 Å². The minimum Gasteiger partial charge on any atom is -0.494 e. The fourth-order valence-corrected chi connectivity index (χ4v) is 5.68. The zero-order valence-corrected chi connectivity index (χ0v) is 26.0. The number of aryl methyl sites for hydroxylation is 1. The summed E-state index contributed by atoms with van der Waals surface area (Å²) < 4.78 is 15.2.